The second-order valence-electron chi connectivity index (χ2n) is 9.21. The van der Waals surface area contributed by atoms with Crippen LogP contribution in [0.15, 0.2) is 45.9 Å². The summed E-state index contributed by atoms with van der Waals surface area (Å²) < 4.78 is 39.4. The van der Waals surface area contributed by atoms with Gasteiger partial charge < -0.3 is 14.5 Å². The summed E-state index contributed by atoms with van der Waals surface area (Å²) in [6, 6.07) is 8.66. The highest BCUT2D eigenvalue weighted by atomic mass is 32.2. The lowest BCUT2D eigenvalue weighted by Crippen LogP contribution is -2.35. The Balaban J connectivity index is 1.61. The van der Waals surface area contributed by atoms with E-state index in [-0.39, 0.29) is 23.3 Å². The van der Waals surface area contributed by atoms with Crippen LogP contribution >= 0.6 is 0 Å². The maximum Gasteiger partial charge on any atom is 0.243 e. The fourth-order valence-corrected chi connectivity index (χ4v) is 5.76. The fourth-order valence-electron chi connectivity index (χ4n) is 4.22. The van der Waals surface area contributed by atoms with Crippen molar-refractivity contribution < 1.29 is 22.4 Å². The van der Waals surface area contributed by atoms with Crippen molar-refractivity contribution in [2.24, 2.45) is 0 Å². The zero-order chi connectivity index (χ0) is 24.5. The van der Waals surface area contributed by atoms with Crippen LogP contribution in [0.5, 0.6) is 5.75 Å². The Morgan fingerprint density at radius 1 is 1.09 bits per heavy atom. The number of carbonyl (C=O) groups is 1. The van der Waals surface area contributed by atoms with Gasteiger partial charge in [-0.25, -0.2) is 8.42 Å². The van der Waals surface area contributed by atoms with Crippen LogP contribution < -0.4 is 10.1 Å². The number of nitrogens with one attached hydrogen (secondary N) is 1. The average Bonchev–Trinajstić information content (AvgIpc) is 3.16. The molecule has 7 nitrogen and oxygen atoms in total. The Bertz CT molecular complexity index is 1300. The number of sulfonamides is 1. The minimum Gasteiger partial charge on any atom is -0.489 e. The van der Waals surface area contributed by atoms with E-state index in [0.717, 1.165) is 46.9 Å². The maximum absolute atomic E-state index is 13.2. The first kappa shape index (κ1) is 24.3. The highest BCUT2D eigenvalue weighted by Gasteiger charge is 2.27. The van der Waals surface area contributed by atoms with E-state index in [1.807, 2.05) is 39.8 Å². The van der Waals surface area contributed by atoms with Crippen molar-refractivity contribution in [3.05, 3.63) is 53.3 Å². The molecule has 0 unspecified atom stereocenters. The van der Waals surface area contributed by atoms with Gasteiger partial charge in [-0.2, -0.15) is 4.31 Å². The number of carbonyl (C=O) groups excluding carboxylic acids is 1. The summed E-state index contributed by atoms with van der Waals surface area (Å²) in [7, 11) is -3.64. The predicted molar refractivity (Wildman–Crippen MR) is 133 cm³/mol. The number of ether oxygens (including phenoxy) is 1. The number of aryl methyl sites for hydroxylation is 2. The molecule has 3 aromatic rings. The molecule has 2 aromatic carbocycles. The molecule has 1 fully saturated rings. The van der Waals surface area contributed by atoms with Crippen LogP contribution in [0, 0.1) is 13.8 Å². The summed E-state index contributed by atoms with van der Waals surface area (Å²) in [6.07, 6.45) is 4.32. The number of anilines is 1. The standard InChI is InChI=1S/C26H32N2O5S/c1-17(2)33-24-9-8-21(34(30,31)28-10-6-5-7-11-28)15-23(24)27-26(29)14-20-16-32-25-13-19(4)18(3)12-22(20)25/h8-9,12-13,15-17H,5-7,10-11,14H2,1-4H3,(H,27,29). The smallest absolute Gasteiger partial charge is 0.243 e. The van der Waals surface area contributed by atoms with Crippen molar-refractivity contribution in [1.82, 2.24) is 4.31 Å². The molecule has 8 heteroatoms. The number of benzene rings is 2. The molecule has 1 aliphatic rings. The molecule has 0 saturated carbocycles. The minimum absolute atomic E-state index is 0.0969. The van der Waals surface area contributed by atoms with Gasteiger partial charge in [-0.15, -0.1) is 0 Å². The van der Waals surface area contributed by atoms with Gasteiger partial charge in [0.15, 0.2) is 0 Å². The van der Waals surface area contributed by atoms with Crippen LogP contribution in [0.1, 0.15) is 49.8 Å². The van der Waals surface area contributed by atoms with Crippen molar-refractivity contribution in [2.75, 3.05) is 18.4 Å². The molecular formula is C26H32N2O5S. The van der Waals surface area contributed by atoms with E-state index < -0.39 is 10.0 Å². The third-order valence-corrected chi connectivity index (χ3v) is 8.06. The van der Waals surface area contributed by atoms with Gasteiger partial charge in [0.1, 0.15) is 11.3 Å². The van der Waals surface area contributed by atoms with E-state index in [1.165, 1.54) is 10.4 Å². The number of hydrogen-bond donors (Lipinski definition) is 1. The van der Waals surface area contributed by atoms with Crippen LogP contribution in [-0.4, -0.2) is 37.8 Å². The van der Waals surface area contributed by atoms with Gasteiger partial charge in [0, 0.05) is 24.0 Å². The largest absolute Gasteiger partial charge is 0.489 e. The van der Waals surface area contributed by atoms with Crippen molar-refractivity contribution in [2.45, 2.75) is 64.4 Å². The van der Waals surface area contributed by atoms with E-state index in [4.69, 9.17) is 9.15 Å². The number of amides is 1. The van der Waals surface area contributed by atoms with Crippen LogP contribution in [0.25, 0.3) is 11.0 Å². The van der Waals surface area contributed by atoms with E-state index in [9.17, 15) is 13.2 Å². The lowest BCUT2D eigenvalue weighted by atomic mass is 10.0. The van der Waals surface area contributed by atoms with E-state index in [0.29, 0.717) is 24.5 Å². The van der Waals surface area contributed by atoms with Crippen molar-refractivity contribution in [3.8, 4) is 5.75 Å². The second-order valence-corrected chi connectivity index (χ2v) is 11.1. The van der Waals surface area contributed by atoms with Gasteiger partial charge in [-0.1, -0.05) is 6.42 Å². The van der Waals surface area contributed by atoms with Gasteiger partial charge in [-0.3, -0.25) is 4.79 Å². The number of piperidine rings is 1. The van der Waals surface area contributed by atoms with Crippen LogP contribution in [-0.2, 0) is 21.2 Å². The van der Waals surface area contributed by atoms with Gasteiger partial charge in [0.2, 0.25) is 15.9 Å². The quantitative estimate of drug-likeness (QED) is 0.498. The SMILES string of the molecule is Cc1cc2occ(CC(=O)Nc3cc(S(=O)(=O)N4CCCCC4)ccc3OC(C)C)c2cc1C. The van der Waals surface area contributed by atoms with E-state index in [2.05, 4.69) is 5.32 Å². The summed E-state index contributed by atoms with van der Waals surface area (Å²) >= 11 is 0. The number of fused-ring (bicyclic) bond motifs is 1. The zero-order valence-electron chi connectivity index (χ0n) is 20.2. The molecule has 4 rings (SSSR count). The first-order valence-corrected chi connectivity index (χ1v) is 13.2. The molecule has 2 heterocycles. The lowest BCUT2D eigenvalue weighted by Gasteiger charge is -2.26. The Morgan fingerprint density at radius 3 is 2.50 bits per heavy atom. The molecule has 1 amide bonds. The molecule has 1 aromatic heterocycles. The predicted octanol–water partition coefficient (Wildman–Crippen LogP) is 5.19. The Morgan fingerprint density at radius 2 is 1.79 bits per heavy atom. The fraction of sp³-hybridized carbons (Fsp3) is 0.423. The molecule has 1 aliphatic heterocycles. The molecule has 1 N–H and O–H groups in total. The van der Waals surface area contributed by atoms with Crippen molar-refractivity contribution >= 4 is 32.6 Å². The molecule has 0 radical (unpaired) electrons. The summed E-state index contributed by atoms with van der Waals surface area (Å²) in [5.74, 6) is 0.159. The molecule has 0 atom stereocenters. The third-order valence-electron chi connectivity index (χ3n) is 6.16. The Labute approximate surface area is 201 Å². The number of furan rings is 1. The highest BCUT2D eigenvalue weighted by Crippen LogP contribution is 2.32. The maximum atomic E-state index is 13.2. The summed E-state index contributed by atoms with van der Waals surface area (Å²) in [5.41, 5.74) is 4.11. The summed E-state index contributed by atoms with van der Waals surface area (Å²) in [6.45, 7) is 8.83. The normalized spacial score (nSPS) is 15.1. The molecule has 0 bridgehead atoms. The Hall–Kier alpha value is -2.84. The minimum atomic E-state index is -3.64. The molecular weight excluding hydrogens is 452 g/mol. The third kappa shape index (κ3) is 5.13. The molecule has 182 valence electrons. The van der Waals surface area contributed by atoms with Crippen molar-refractivity contribution in [3.63, 3.8) is 0 Å². The first-order valence-electron chi connectivity index (χ1n) is 11.7. The van der Waals surface area contributed by atoms with Crippen LogP contribution in [0.3, 0.4) is 0 Å². The lowest BCUT2D eigenvalue weighted by molar-refractivity contribution is -0.115. The van der Waals surface area contributed by atoms with Crippen LogP contribution in [0.4, 0.5) is 5.69 Å². The highest BCUT2D eigenvalue weighted by molar-refractivity contribution is 7.89. The summed E-state index contributed by atoms with van der Waals surface area (Å²) in [5, 5.41) is 3.77. The molecule has 0 aliphatic carbocycles. The Kier molecular flexibility index (Phi) is 7.00. The van der Waals surface area contributed by atoms with E-state index in [1.54, 1.807) is 18.4 Å². The van der Waals surface area contributed by atoms with E-state index >= 15 is 0 Å². The zero-order valence-corrected chi connectivity index (χ0v) is 21.0. The van der Waals surface area contributed by atoms with Crippen molar-refractivity contribution in [1.29, 1.82) is 0 Å². The van der Waals surface area contributed by atoms with Gasteiger partial charge in [0.25, 0.3) is 0 Å². The number of hydrogen-bond acceptors (Lipinski definition) is 5. The van der Waals surface area contributed by atoms with Crippen LogP contribution in [0.2, 0.25) is 0 Å². The molecule has 34 heavy (non-hydrogen) atoms. The first-order chi connectivity index (χ1) is 16.1. The van der Waals surface area contributed by atoms with Gasteiger partial charge in [0.05, 0.1) is 29.4 Å². The summed E-state index contributed by atoms with van der Waals surface area (Å²) in [4.78, 5) is 13.2. The monoisotopic (exact) mass is 484 g/mol. The van der Waals surface area contributed by atoms with Gasteiger partial charge in [-0.05, 0) is 82.0 Å². The molecule has 1 saturated heterocycles. The number of nitrogens with zero attached hydrogens (tertiary/aromatic N) is 1. The van der Waals surface area contributed by atoms with Gasteiger partial charge >= 0.3 is 0 Å². The number of rotatable bonds is 7. The average molecular weight is 485 g/mol. The molecule has 0 spiro atoms. The second kappa shape index (κ2) is 9.80. The topological polar surface area (TPSA) is 88.8 Å².